The van der Waals surface area contributed by atoms with Crippen molar-refractivity contribution in [3.8, 4) is 5.75 Å². The normalized spacial score (nSPS) is 9.75. The first kappa shape index (κ1) is 17.8. The van der Waals surface area contributed by atoms with Gasteiger partial charge in [0.25, 0.3) is 5.91 Å². The Hall–Kier alpha value is -2.51. The maximum Gasteiger partial charge on any atom is 0.257 e. The standard InChI is InChI=1S/C16H17ClN4O2S/c1-23-14-4-2-3-13(9-14)18-10-15(22)20-21-16(24)19-12-7-5-11(17)6-8-12/h2-9,18H,10H2,1H3,(H,20,22)(H2,19,21,24). The highest BCUT2D eigenvalue weighted by atomic mass is 35.5. The van der Waals surface area contributed by atoms with Crippen LogP contribution in [0, 0.1) is 0 Å². The van der Waals surface area contributed by atoms with Crippen LogP contribution in [0.5, 0.6) is 5.75 Å². The van der Waals surface area contributed by atoms with E-state index in [1.807, 2.05) is 18.2 Å². The molecule has 126 valence electrons. The predicted molar refractivity (Wildman–Crippen MR) is 100 cm³/mol. The first-order chi connectivity index (χ1) is 11.6. The number of amides is 1. The number of hydrazine groups is 1. The quantitative estimate of drug-likeness (QED) is 0.483. The second-order valence-electron chi connectivity index (χ2n) is 4.72. The number of carbonyl (C=O) groups is 1. The molecular weight excluding hydrogens is 348 g/mol. The monoisotopic (exact) mass is 364 g/mol. The minimum atomic E-state index is -0.266. The average Bonchev–Trinajstić information content (AvgIpc) is 2.60. The van der Waals surface area contributed by atoms with Crippen LogP contribution in [0.4, 0.5) is 11.4 Å². The molecule has 0 unspecified atom stereocenters. The van der Waals surface area contributed by atoms with Gasteiger partial charge in [-0.15, -0.1) is 0 Å². The van der Waals surface area contributed by atoms with Crippen molar-refractivity contribution >= 4 is 46.2 Å². The lowest BCUT2D eigenvalue weighted by Gasteiger charge is -2.12. The van der Waals surface area contributed by atoms with E-state index in [1.54, 1.807) is 37.4 Å². The summed E-state index contributed by atoms with van der Waals surface area (Å²) in [5.74, 6) is 0.449. The summed E-state index contributed by atoms with van der Waals surface area (Å²) in [5.41, 5.74) is 6.68. The third kappa shape index (κ3) is 5.94. The summed E-state index contributed by atoms with van der Waals surface area (Å²) in [6.45, 7) is 0.0870. The van der Waals surface area contributed by atoms with E-state index in [4.69, 9.17) is 28.6 Å². The number of halogens is 1. The van der Waals surface area contributed by atoms with Crippen LogP contribution < -0.4 is 26.2 Å². The minimum Gasteiger partial charge on any atom is -0.497 e. The third-order valence-corrected chi connectivity index (χ3v) is 3.40. The van der Waals surface area contributed by atoms with Crippen molar-refractivity contribution in [3.63, 3.8) is 0 Å². The van der Waals surface area contributed by atoms with E-state index in [-0.39, 0.29) is 17.6 Å². The fraction of sp³-hybridized carbons (Fsp3) is 0.125. The van der Waals surface area contributed by atoms with Crippen molar-refractivity contribution in [1.82, 2.24) is 10.9 Å². The van der Waals surface area contributed by atoms with Gasteiger partial charge in [0.15, 0.2) is 5.11 Å². The molecule has 4 N–H and O–H groups in total. The van der Waals surface area contributed by atoms with E-state index in [2.05, 4.69) is 21.5 Å². The van der Waals surface area contributed by atoms with E-state index >= 15 is 0 Å². The molecule has 6 nitrogen and oxygen atoms in total. The highest BCUT2D eigenvalue weighted by Gasteiger charge is 2.03. The third-order valence-electron chi connectivity index (χ3n) is 2.94. The van der Waals surface area contributed by atoms with E-state index in [1.165, 1.54) is 0 Å². The summed E-state index contributed by atoms with van der Waals surface area (Å²) in [6.07, 6.45) is 0. The smallest absolute Gasteiger partial charge is 0.257 e. The van der Waals surface area contributed by atoms with Crippen LogP contribution in [0.25, 0.3) is 0 Å². The van der Waals surface area contributed by atoms with Crippen LogP contribution in [0.15, 0.2) is 48.5 Å². The van der Waals surface area contributed by atoms with Crippen molar-refractivity contribution in [2.24, 2.45) is 0 Å². The fourth-order valence-electron chi connectivity index (χ4n) is 1.78. The van der Waals surface area contributed by atoms with Gasteiger partial charge in [0, 0.05) is 22.5 Å². The number of hydrogen-bond acceptors (Lipinski definition) is 4. The zero-order valence-corrected chi connectivity index (χ0v) is 14.5. The number of methoxy groups -OCH3 is 1. The lowest BCUT2D eigenvalue weighted by atomic mass is 10.3. The summed E-state index contributed by atoms with van der Waals surface area (Å²) >= 11 is 10.9. The molecule has 2 rings (SSSR count). The molecule has 0 aliphatic rings. The Morgan fingerprint density at radius 2 is 1.88 bits per heavy atom. The molecule has 1 amide bonds. The predicted octanol–water partition coefficient (Wildman–Crippen LogP) is 2.78. The van der Waals surface area contributed by atoms with Crippen molar-refractivity contribution in [2.75, 3.05) is 24.3 Å². The first-order valence-electron chi connectivity index (χ1n) is 7.06. The Kier molecular flexibility index (Phi) is 6.65. The summed E-state index contributed by atoms with van der Waals surface area (Å²) < 4.78 is 5.12. The molecule has 8 heteroatoms. The molecule has 0 radical (unpaired) electrons. The topological polar surface area (TPSA) is 74.4 Å². The van der Waals surface area contributed by atoms with Gasteiger partial charge >= 0.3 is 0 Å². The largest absolute Gasteiger partial charge is 0.497 e. The lowest BCUT2D eigenvalue weighted by Crippen LogP contribution is -2.45. The minimum absolute atomic E-state index is 0.0870. The number of benzene rings is 2. The molecule has 2 aromatic carbocycles. The highest BCUT2D eigenvalue weighted by Crippen LogP contribution is 2.16. The SMILES string of the molecule is COc1cccc(NCC(=O)NNC(=S)Nc2ccc(Cl)cc2)c1. The van der Waals surface area contributed by atoms with Gasteiger partial charge in [0.1, 0.15) is 5.75 Å². The Morgan fingerprint density at radius 1 is 1.12 bits per heavy atom. The highest BCUT2D eigenvalue weighted by molar-refractivity contribution is 7.80. The van der Waals surface area contributed by atoms with E-state index in [0.717, 1.165) is 11.4 Å². The lowest BCUT2D eigenvalue weighted by molar-refractivity contribution is -0.119. The molecule has 0 bridgehead atoms. The van der Waals surface area contributed by atoms with Gasteiger partial charge in [-0.2, -0.15) is 0 Å². The molecule has 0 spiro atoms. The molecule has 0 fully saturated rings. The van der Waals surface area contributed by atoms with E-state index in [9.17, 15) is 4.79 Å². The van der Waals surface area contributed by atoms with Crippen LogP contribution in [0.2, 0.25) is 5.02 Å². The second-order valence-corrected chi connectivity index (χ2v) is 5.56. The number of ether oxygens (including phenoxy) is 1. The number of carbonyl (C=O) groups excluding carboxylic acids is 1. The molecular formula is C16H17ClN4O2S. The van der Waals surface area contributed by atoms with Crippen LogP contribution in [0.3, 0.4) is 0 Å². The number of thiocarbonyl (C=S) groups is 1. The summed E-state index contributed by atoms with van der Waals surface area (Å²) in [7, 11) is 1.59. The van der Waals surface area contributed by atoms with Gasteiger partial charge in [0.2, 0.25) is 0 Å². The molecule has 0 saturated heterocycles. The van der Waals surface area contributed by atoms with Gasteiger partial charge in [-0.05, 0) is 48.6 Å². The van der Waals surface area contributed by atoms with Gasteiger partial charge < -0.3 is 15.4 Å². The zero-order chi connectivity index (χ0) is 17.4. The molecule has 0 heterocycles. The molecule has 0 aliphatic heterocycles. The number of hydrogen-bond donors (Lipinski definition) is 4. The Bertz CT molecular complexity index is 709. The Labute approximate surface area is 150 Å². The number of rotatable bonds is 5. The van der Waals surface area contributed by atoms with Crippen LogP contribution in [-0.4, -0.2) is 24.7 Å². The molecule has 0 aromatic heterocycles. The average molecular weight is 365 g/mol. The van der Waals surface area contributed by atoms with Crippen molar-refractivity contribution in [2.45, 2.75) is 0 Å². The Morgan fingerprint density at radius 3 is 2.58 bits per heavy atom. The van der Waals surface area contributed by atoms with Gasteiger partial charge in [-0.1, -0.05) is 17.7 Å². The molecule has 0 aliphatic carbocycles. The van der Waals surface area contributed by atoms with Crippen LogP contribution >= 0.6 is 23.8 Å². The molecule has 0 saturated carbocycles. The second kappa shape index (κ2) is 8.95. The number of nitrogens with one attached hydrogen (secondary N) is 4. The first-order valence-corrected chi connectivity index (χ1v) is 7.85. The van der Waals surface area contributed by atoms with Crippen molar-refractivity contribution in [3.05, 3.63) is 53.6 Å². The summed E-state index contributed by atoms with van der Waals surface area (Å²) in [6, 6.07) is 14.3. The van der Waals surface area contributed by atoms with Crippen molar-refractivity contribution < 1.29 is 9.53 Å². The van der Waals surface area contributed by atoms with Gasteiger partial charge in [0.05, 0.1) is 13.7 Å². The summed E-state index contributed by atoms with van der Waals surface area (Å²) in [5, 5.41) is 6.82. The van der Waals surface area contributed by atoms with E-state index in [0.29, 0.717) is 10.8 Å². The fourth-order valence-corrected chi connectivity index (χ4v) is 2.08. The molecule has 0 atom stereocenters. The summed E-state index contributed by atoms with van der Waals surface area (Å²) in [4.78, 5) is 11.8. The molecule has 24 heavy (non-hydrogen) atoms. The molecule has 2 aromatic rings. The maximum atomic E-state index is 11.8. The van der Waals surface area contributed by atoms with Crippen LogP contribution in [0.1, 0.15) is 0 Å². The number of anilines is 2. The van der Waals surface area contributed by atoms with Gasteiger partial charge in [-0.3, -0.25) is 15.6 Å². The zero-order valence-electron chi connectivity index (χ0n) is 12.9. The van der Waals surface area contributed by atoms with Crippen LogP contribution in [-0.2, 0) is 4.79 Å². The van der Waals surface area contributed by atoms with Gasteiger partial charge in [-0.25, -0.2) is 0 Å². The van der Waals surface area contributed by atoms with E-state index < -0.39 is 0 Å². The maximum absolute atomic E-state index is 11.8. The van der Waals surface area contributed by atoms with Crippen molar-refractivity contribution in [1.29, 1.82) is 0 Å². The Balaban J connectivity index is 1.72.